The lowest BCUT2D eigenvalue weighted by atomic mass is 9.86. The molecule has 3 N–H and O–H groups in total. The van der Waals surface area contributed by atoms with Gasteiger partial charge in [0.25, 0.3) is 0 Å². The van der Waals surface area contributed by atoms with Crippen molar-refractivity contribution in [2.75, 3.05) is 11.9 Å². The summed E-state index contributed by atoms with van der Waals surface area (Å²) in [6, 6.07) is 1.53. The summed E-state index contributed by atoms with van der Waals surface area (Å²) in [7, 11) is 0. The molecule has 0 aromatic carbocycles. The van der Waals surface area contributed by atoms with Crippen molar-refractivity contribution in [2.45, 2.75) is 46.1 Å². The van der Waals surface area contributed by atoms with E-state index >= 15 is 0 Å². The molecule has 2 atom stereocenters. The van der Waals surface area contributed by atoms with Crippen molar-refractivity contribution >= 4 is 23.3 Å². The van der Waals surface area contributed by atoms with Gasteiger partial charge in [0.1, 0.15) is 0 Å². The minimum absolute atomic E-state index is 0.0278. The van der Waals surface area contributed by atoms with E-state index in [4.69, 9.17) is 11.6 Å². The highest BCUT2D eigenvalue weighted by atomic mass is 35.5. The summed E-state index contributed by atoms with van der Waals surface area (Å²) >= 11 is 6.09. The van der Waals surface area contributed by atoms with E-state index in [1.807, 2.05) is 26.8 Å². The Morgan fingerprint density at radius 2 is 2.29 bits per heavy atom. The normalized spacial score (nSPS) is 24.9. The smallest absolute Gasteiger partial charge is 0.319 e. The lowest BCUT2D eigenvalue weighted by Crippen LogP contribution is -2.46. The van der Waals surface area contributed by atoms with Crippen molar-refractivity contribution < 1.29 is 9.90 Å². The van der Waals surface area contributed by atoms with Gasteiger partial charge in [-0.05, 0) is 38.3 Å². The molecule has 1 aromatic rings. The predicted molar refractivity (Wildman–Crippen MR) is 83.7 cm³/mol. The Morgan fingerprint density at radius 3 is 2.90 bits per heavy atom. The fraction of sp³-hybridized carbons (Fsp3) is 0.600. The molecule has 2 unspecified atom stereocenters. The highest BCUT2D eigenvalue weighted by Crippen LogP contribution is 2.37. The highest BCUT2D eigenvalue weighted by molar-refractivity contribution is 6.32. The Hall–Kier alpha value is -1.33. The number of hydrogen-bond donors (Lipinski definition) is 3. The molecule has 5 nitrogen and oxygen atoms in total. The van der Waals surface area contributed by atoms with Crippen LogP contribution in [-0.4, -0.2) is 28.8 Å². The Balaban J connectivity index is 2.06. The van der Waals surface area contributed by atoms with Crippen LogP contribution in [-0.2, 0) is 0 Å². The average molecular weight is 312 g/mol. The molecule has 0 aliphatic heterocycles. The van der Waals surface area contributed by atoms with Crippen LogP contribution in [0.4, 0.5) is 10.5 Å². The van der Waals surface area contributed by atoms with Gasteiger partial charge in [0.15, 0.2) is 5.15 Å². The van der Waals surface area contributed by atoms with Crippen LogP contribution in [0.2, 0.25) is 5.15 Å². The summed E-state index contributed by atoms with van der Waals surface area (Å²) in [5.74, 6) is 0. The van der Waals surface area contributed by atoms with E-state index in [-0.39, 0.29) is 24.1 Å². The molecular weight excluding hydrogens is 290 g/mol. The number of nitrogens with zero attached hydrogens (tertiary/aromatic N) is 1. The monoisotopic (exact) mass is 311 g/mol. The molecule has 1 aromatic heterocycles. The quantitative estimate of drug-likeness (QED) is 0.751. The second-order valence-corrected chi connectivity index (χ2v) is 6.46. The van der Waals surface area contributed by atoms with Gasteiger partial charge in [0.05, 0.1) is 12.3 Å². The van der Waals surface area contributed by atoms with Crippen LogP contribution < -0.4 is 10.6 Å². The first-order chi connectivity index (χ1) is 9.85. The van der Waals surface area contributed by atoms with Crippen molar-refractivity contribution in [1.82, 2.24) is 10.3 Å². The van der Waals surface area contributed by atoms with E-state index in [1.165, 1.54) is 0 Å². The molecule has 0 radical (unpaired) electrons. The molecule has 116 valence electrons. The van der Waals surface area contributed by atoms with Crippen LogP contribution in [0.5, 0.6) is 0 Å². The van der Waals surface area contributed by atoms with Gasteiger partial charge in [0.2, 0.25) is 0 Å². The van der Waals surface area contributed by atoms with Gasteiger partial charge >= 0.3 is 6.03 Å². The van der Waals surface area contributed by atoms with Crippen LogP contribution >= 0.6 is 11.6 Å². The third-order valence-corrected chi connectivity index (χ3v) is 4.56. The summed E-state index contributed by atoms with van der Waals surface area (Å²) in [5, 5.41) is 15.5. The molecule has 1 saturated carbocycles. The molecule has 2 rings (SSSR count). The van der Waals surface area contributed by atoms with E-state index in [1.54, 1.807) is 0 Å². The number of nitrogens with one attached hydrogen (secondary N) is 2. The largest absolute Gasteiger partial charge is 0.396 e. The summed E-state index contributed by atoms with van der Waals surface area (Å²) in [5.41, 5.74) is 1.97. The maximum Gasteiger partial charge on any atom is 0.319 e. The van der Waals surface area contributed by atoms with Crippen molar-refractivity contribution in [2.24, 2.45) is 5.41 Å². The van der Waals surface area contributed by atoms with Gasteiger partial charge in [-0.2, -0.15) is 0 Å². The zero-order valence-corrected chi connectivity index (χ0v) is 13.4. The predicted octanol–water partition coefficient (Wildman–Crippen LogP) is 3.02. The Labute approximate surface area is 130 Å². The number of urea groups is 1. The number of halogens is 1. The Morgan fingerprint density at radius 1 is 1.57 bits per heavy atom. The zero-order valence-electron chi connectivity index (χ0n) is 12.7. The fourth-order valence-electron chi connectivity index (χ4n) is 2.92. The summed E-state index contributed by atoms with van der Waals surface area (Å²) in [4.78, 5) is 16.3. The minimum atomic E-state index is -0.308. The van der Waals surface area contributed by atoms with E-state index in [0.29, 0.717) is 10.8 Å². The van der Waals surface area contributed by atoms with Crippen molar-refractivity contribution in [3.05, 3.63) is 22.5 Å². The maximum atomic E-state index is 12.2. The first kappa shape index (κ1) is 16.0. The molecule has 2 amide bonds. The number of hydrogen-bond acceptors (Lipinski definition) is 3. The molecule has 1 aliphatic carbocycles. The van der Waals surface area contributed by atoms with Gasteiger partial charge in [-0.1, -0.05) is 24.9 Å². The van der Waals surface area contributed by atoms with Crippen LogP contribution in [0, 0.1) is 19.3 Å². The van der Waals surface area contributed by atoms with E-state index in [9.17, 15) is 9.90 Å². The molecule has 0 saturated heterocycles. The molecule has 6 heteroatoms. The lowest BCUT2D eigenvalue weighted by Gasteiger charge is -2.30. The van der Waals surface area contributed by atoms with Crippen molar-refractivity contribution in [3.63, 3.8) is 0 Å². The second kappa shape index (κ2) is 6.20. The highest BCUT2D eigenvalue weighted by Gasteiger charge is 2.39. The fourth-order valence-corrected chi connectivity index (χ4v) is 3.25. The van der Waals surface area contributed by atoms with E-state index in [0.717, 1.165) is 30.5 Å². The molecule has 21 heavy (non-hydrogen) atoms. The number of carbonyl (C=O) groups excluding carboxylic acids is 1. The average Bonchev–Trinajstić information content (AvgIpc) is 2.76. The molecule has 1 heterocycles. The lowest BCUT2D eigenvalue weighted by molar-refractivity contribution is 0.122. The number of aliphatic hydroxyl groups is 1. The van der Waals surface area contributed by atoms with Gasteiger partial charge in [0, 0.05) is 17.2 Å². The number of pyridine rings is 1. The summed E-state index contributed by atoms with van der Waals surface area (Å²) in [6.07, 6.45) is 2.80. The van der Waals surface area contributed by atoms with Crippen LogP contribution in [0.1, 0.15) is 37.4 Å². The van der Waals surface area contributed by atoms with Crippen molar-refractivity contribution in [1.29, 1.82) is 0 Å². The number of aromatic nitrogens is 1. The van der Waals surface area contributed by atoms with Crippen LogP contribution in [0.15, 0.2) is 6.07 Å². The molecular formula is C15H22ClN3O2. The number of aliphatic hydroxyl groups excluding tert-OH is 1. The first-order valence-electron chi connectivity index (χ1n) is 7.18. The van der Waals surface area contributed by atoms with E-state index in [2.05, 4.69) is 15.6 Å². The third-order valence-electron chi connectivity index (χ3n) is 4.29. The van der Waals surface area contributed by atoms with Crippen LogP contribution in [0.25, 0.3) is 0 Å². The minimum Gasteiger partial charge on any atom is -0.396 e. The number of amides is 2. The summed E-state index contributed by atoms with van der Waals surface area (Å²) in [6.45, 7) is 5.80. The van der Waals surface area contributed by atoms with Crippen LogP contribution in [0.3, 0.4) is 0 Å². The zero-order chi connectivity index (χ0) is 15.6. The SMILES string of the molecule is Cc1cc(C)c(NC(=O)NC2CCCC2(C)CO)c(Cl)n1. The van der Waals surface area contributed by atoms with E-state index < -0.39 is 0 Å². The number of aryl methyl sites for hydroxylation is 2. The first-order valence-corrected chi connectivity index (χ1v) is 7.55. The molecule has 0 bridgehead atoms. The number of carbonyl (C=O) groups is 1. The number of anilines is 1. The number of rotatable bonds is 3. The Bertz CT molecular complexity index is 527. The van der Waals surface area contributed by atoms with Crippen molar-refractivity contribution in [3.8, 4) is 0 Å². The second-order valence-electron chi connectivity index (χ2n) is 6.10. The molecule has 1 fully saturated rings. The molecule has 1 aliphatic rings. The van der Waals surface area contributed by atoms with Gasteiger partial charge < -0.3 is 15.7 Å². The van der Waals surface area contributed by atoms with Gasteiger partial charge in [-0.3, -0.25) is 0 Å². The van der Waals surface area contributed by atoms with Gasteiger partial charge in [-0.15, -0.1) is 0 Å². The third kappa shape index (κ3) is 3.47. The Kier molecular flexibility index (Phi) is 4.74. The standard InChI is InChI=1S/C15H22ClN3O2/c1-9-7-10(2)17-13(16)12(9)19-14(21)18-11-5-4-6-15(11,3)8-20/h7,11,20H,4-6,8H2,1-3H3,(H2,18,19,21). The van der Waals surface area contributed by atoms with Gasteiger partial charge in [-0.25, -0.2) is 9.78 Å². The topological polar surface area (TPSA) is 74.2 Å². The maximum absolute atomic E-state index is 12.2. The molecule has 0 spiro atoms. The summed E-state index contributed by atoms with van der Waals surface area (Å²) < 4.78 is 0.